The molecular formula is C9H15NO2. The molecule has 1 heterocycles. The van der Waals surface area contributed by atoms with Gasteiger partial charge in [0.1, 0.15) is 0 Å². The first-order valence-electron chi connectivity index (χ1n) is 4.20. The zero-order valence-electron chi connectivity index (χ0n) is 7.62. The van der Waals surface area contributed by atoms with Crippen LogP contribution in [0.4, 0.5) is 0 Å². The van der Waals surface area contributed by atoms with Crippen molar-refractivity contribution in [1.29, 1.82) is 0 Å². The van der Waals surface area contributed by atoms with Crippen molar-refractivity contribution in [3.63, 3.8) is 0 Å². The number of carbonyl (C=O) groups excluding carboxylic acids is 1. The van der Waals surface area contributed by atoms with Crippen LogP contribution in [0, 0.1) is 0 Å². The fraction of sp³-hybridized carbons (Fsp3) is 0.667. The molecule has 2 atom stereocenters. The summed E-state index contributed by atoms with van der Waals surface area (Å²) < 4.78 is 5.48. The highest BCUT2D eigenvalue weighted by Crippen LogP contribution is 2.10. The Hall–Kier alpha value is -0.830. The van der Waals surface area contributed by atoms with Gasteiger partial charge in [-0.05, 0) is 19.9 Å². The van der Waals surface area contributed by atoms with Crippen molar-refractivity contribution in [2.75, 3.05) is 13.1 Å². The van der Waals surface area contributed by atoms with E-state index in [4.69, 9.17) is 4.74 Å². The molecule has 1 saturated heterocycles. The maximum atomic E-state index is 11.2. The third-order valence-electron chi connectivity index (χ3n) is 1.91. The van der Waals surface area contributed by atoms with Crippen LogP contribution in [0.2, 0.25) is 0 Å². The maximum absolute atomic E-state index is 11.2. The largest absolute Gasteiger partial charge is 0.372 e. The summed E-state index contributed by atoms with van der Waals surface area (Å²) in [4.78, 5) is 13.0. The van der Waals surface area contributed by atoms with Crippen molar-refractivity contribution in [3.05, 3.63) is 12.7 Å². The van der Waals surface area contributed by atoms with Crippen molar-refractivity contribution in [2.24, 2.45) is 0 Å². The molecule has 0 N–H and O–H groups in total. The quantitative estimate of drug-likeness (QED) is 0.544. The van der Waals surface area contributed by atoms with Gasteiger partial charge in [0.25, 0.3) is 0 Å². The second-order valence-corrected chi connectivity index (χ2v) is 3.20. The Kier molecular flexibility index (Phi) is 2.87. The molecule has 0 radical (unpaired) electrons. The van der Waals surface area contributed by atoms with Crippen molar-refractivity contribution in [3.8, 4) is 0 Å². The number of amides is 1. The van der Waals surface area contributed by atoms with E-state index in [2.05, 4.69) is 6.58 Å². The monoisotopic (exact) mass is 169 g/mol. The topological polar surface area (TPSA) is 29.5 Å². The Morgan fingerprint density at radius 1 is 1.50 bits per heavy atom. The van der Waals surface area contributed by atoms with E-state index in [9.17, 15) is 4.79 Å². The number of rotatable bonds is 1. The Bertz CT molecular complexity index is 181. The van der Waals surface area contributed by atoms with E-state index in [1.807, 2.05) is 13.8 Å². The van der Waals surface area contributed by atoms with E-state index in [1.165, 1.54) is 6.08 Å². The summed E-state index contributed by atoms with van der Waals surface area (Å²) in [6, 6.07) is 0. The average molecular weight is 169 g/mol. The van der Waals surface area contributed by atoms with E-state index in [-0.39, 0.29) is 18.1 Å². The summed E-state index contributed by atoms with van der Waals surface area (Å²) in [5.41, 5.74) is 0. The molecule has 1 amide bonds. The highest BCUT2D eigenvalue weighted by molar-refractivity contribution is 5.87. The molecule has 0 aromatic heterocycles. The minimum atomic E-state index is -0.00278. The molecule has 1 aliphatic heterocycles. The number of morpholine rings is 1. The van der Waals surface area contributed by atoms with Crippen LogP contribution in [-0.4, -0.2) is 36.1 Å². The predicted molar refractivity (Wildman–Crippen MR) is 46.8 cm³/mol. The molecule has 0 aliphatic carbocycles. The number of carbonyl (C=O) groups is 1. The van der Waals surface area contributed by atoms with Gasteiger partial charge in [-0.2, -0.15) is 0 Å². The van der Waals surface area contributed by atoms with E-state index in [0.29, 0.717) is 13.1 Å². The third kappa shape index (κ3) is 2.08. The van der Waals surface area contributed by atoms with Crippen LogP contribution in [0.5, 0.6) is 0 Å². The molecule has 3 nitrogen and oxygen atoms in total. The zero-order chi connectivity index (χ0) is 9.14. The Morgan fingerprint density at radius 3 is 2.42 bits per heavy atom. The molecule has 3 heteroatoms. The minimum Gasteiger partial charge on any atom is -0.372 e. The van der Waals surface area contributed by atoms with Crippen LogP contribution in [0.25, 0.3) is 0 Å². The van der Waals surface area contributed by atoms with Gasteiger partial charge in [-0.3, -0.25) is 4.79 Å². The third-order valence-corrected chi connectivity index (χ3v) is 1.91. The summed E-state index contributed by atoms with van der Waals surface area (Å²) in [7, 11) is 0. The Balaban J connectivity index is 2.54. The second-order valence-electron chi connectivity index (χ2n) is 3.20. The predicted octanol–water partition coefficient (Wildman–Crippen LogP) is 0.808. The van der Waals surface area contributed by atoms with Gasteiger partial charge in [-0.1, -0.05) is 6.58 Å². The molecule has 1 rings (SSSR count). The molecular weight excluding hydrogens is 154 g/mol. The first-order valence-corrected chi connectivity index (χ1v) is 4.20. The van der Waals surface area contributed by atoms with E-state index in [1.54, 1.807) is 4.90 Å². The van der Waals surface area contributed by atoms with Crippen LogP contribution < -0.4 is 0 Å². The number of nitrogens with zero attached hydrogens (tertiary/aromatic N) is 1. The van der Waals surface area contributed by atoms with Crippen LogP contribution in [-0.2, 0) is 9.53 Å². The van der Waals surface area contributed by atoms with Crippen LogP contribution in [0.15, 0.2) is 12.7 Å². The SMILES string of the molecule is C=CC(=O)N1CC(C)OC(C)C1. The van der Waals surface area contributed by atoms with Gasteiger partial charge >= 0.3 is 0 Å². The van der Waals surface area contributed by atoms with Gasteiger partial charge < -0.3 is 9.64 Å². The normalized spacial score (nSPS) is 30.0. The van der Waals surface area contributed by atoms with E-state index in [0.717, 1.165) is 0 Å². The van der Waals surface area contributed by atoms with Crippen molar-refractivity contribution >= 4 is 5.91 Å². The van der Waals surface area contributed by atoms with Gasteiger partial charge in [-0.25, -0.2) is 0 Å². The summed E-state index contributed by atoms with van der Waals surface area (Å²) >= 11 is 0. The first kappa shape index (κ1) is 9.26. The fourth-order valence-electron chi connectivity index (χ4n) is 1.49. The van der Waals surface area contributed by atoms with Crippen LogP contribution >= 0.6 is 0 Å². The van der Waals surface area contributed by atoms with Gasteiger partial charge in [-0.15, -0.1) is 0 Å². The highest BCUT2D eigenvalue weighted by Gasteiger charge is 2.23. The molecule has 0 saturated carbocycles. The molecule has 12 heavy (non-hydrogen) atoms. The highest BCUT2D eigenvalue weighted by atomic mass is 16.5. The molecule has 0 aromatic carbocycles. The number of ether oxygens (including phenoxy) is 1. The van der Waals surface area contributed by atoms with Gasteiger partial charge in [0.05, 0.1) is 12.2 Å². The first-order chi connectivity index (χ1) is 5.63. The fourth-order valence-corrected chi connectivity index (χ4v) is 1.49. The average Bonchev–Trinajstić information content (AvgIpc) is 2.01. The summed E-state index contributed by atoms with van der Waals surface area (Å²) in [5, 5.41) is 0. The van der Waals surface area contributed by atoms with Crippen molar-refractivity contribution < 1.29 is 9.53 Å². The summed E-state index contributed by atoms with van der Waals surface area (Å²) in [5.74, 6) is -0.00278. The zero-order valence-corrected chi connectivity index (χ0v) is 7.62. The second kappa shape index (κ2) is 3.72. The molecule has 0 aromatic rings. The van der Waals surface area contributed by atoms with Gasteiger partial charge in [0.15, 0.2) is 0 Å². The lowest BCUT2D eigenvalue weighted by Gasteiger charge is -2.34. The lowest BCUT2D eigenvalue weighted by atomic mass is 10.2. The van der Waals surface area contributed by atoms with Crippen molar-refractivity contribution in [2.45, 2.75) is 26.1 Å². The molecule has 0 spiro atoms. The molecule has 0 bridgehead atoms. The smallest absolute Gasteiger partial charge is 0.246 e. The number of hydrogen-bond donors (Lipinski definition) is 0. The van der Waals surface area contributed by atoms with Crippen molar-refractivity contribution in [1.82, 2.24) is 4.90 Å². The van der Waals surface area contributed by atoms with Crippen LogP contribution in [0.1, 0.15) is 13.8 Å². The molecule has 2 unspecified atom stereocenters. The standard InChI is InChI=1S/C9H15NO2/c1-4-9(11)10-5-7(2)12-8(3)6-10/h4,7-8H,1,5-6H2,2-3H3. The molecule has 1 fully saturated rings. The molecule has 1 aliphatic rings. The maximum Gasteiger partial charge on any atom is 0.246 e. The lowest BCUT2D eigenvalue weighted by Crippen LogP contribution is -2.47. The molecule has 68 valence electrons. The van der Waals surface area contributed by atoms with E-state index >= 15 is 0 Å². The summed E-state index contributed by atoms with van der Waals surface area (Å²) in [6.45, 7) is 8.75. The van der Waals surface area contributed by atoms with Gasteiger partial charge in [0.2, 0.25) is 5.91 Å². The Morgan fingerprint density at radius 2 is 2.00 bits per heavy atom. The summed E-state index contributed by atoms with van der Waals surface area (Å²) in [6.07, 6.45) is 1.63. The van der Waals surface area contributed by atoms with Gasteiger partial charge in [0, 0.05) is 13.1 Å². The van der Waals surface area contributed by atoms with E-state index < -0.39 is 0 Å². The lowest BCUT2D eigenvalue weighted by molar-refractivity contribution is -0.138. The minimum absolute atomic E-state index is 0.00278. The van der Waals surface area contributed by atoms with Crippen LogP contribution in [0.3, 0.4) is 0 Å². The number of hydrogen-bond acceptors (Lipinski definition) is 2. The Labute approximate surface area is 73.0 Å².